The maximum Gasteiger partial charge on any atom is 0.136 e. The highest BCUT2D eigenvalue weighted by molar-refractivity contribution is 6.28. The number of rotatable bonds is 2. The van der Waals surface area contributed by atoms with Gasteiger partial charge in [0.05, 0.1) is 0 Å². The molecular formula is C50H28O. The fraction of sp³-hybridized carbons (Fsp3) is 0. The molecular weight excluding hydrogens is 617 g/mol. The predicted molar refractivity (Wildman–Crippen MR) is 218 cm³/mol. The first-order chi connectivity index (χ1) is 25.2. The Balaban J connectivity index is 1.20. The minimum Gasteiger partial charge on any atom is -0.456 e. The summed E-state index contributed by atoms with van der Waals surface area (Å²) in [5.41, 5.74) is 6.55. The summed E-state index contributed by atoms with van der Waals surface area (Å²) in [6.45, 7) is 0. The molecule has 0 saturated carbocycles. The van der Waals surface area contributed by atoms with Gasteiger partial charge < -0.3 is 4.42 Å². The molecule has 0 N–H and O–H groups in total. The summed E-state index contributed by atoms with van der Waals surface area (Å²) < 4.78 is 6.83. The summed E-state index contributed by atoms with van der Waals surface area (Å²) in [5, 5.41) is 20.0. The largest absolute Gasteiger partial charge is 0.456 e. The van der Waals surface area contributed by atoms with Crippen LogP contribution >= 0.6 is 0 Å². The number of benzene rings is 11. The van der Waals surface area contributed by atoms with Gasteiger partial charge in [-0.1, -0.05) is 140 Å². The summed E-state index contributed by atoms with van der Waals surface area (Å²) in [6.07, 6.45) is 0. The molecule has 1 heterocycles. The predicted octanol–water partition coefficient (Wildman–Crippen LogP) is 14.4. The van der Waals surface area contributed by atoms with Crippen LogP contribution in [0.3, 0.4) is 0 Å². The van der Waals surface area contributed by atoms with E-state index in [0.717, 1.165) is 27.5 Å². The Morgan fingerprint density at radius 3 is 1.69 bits per heavy atom. The van der Waals surface area contributed by atoms with Crippen LogP contribution in [0.5, 0.6) is 0 Å². The van der Waals surface area contributed by atoms with Crippen LogP contribution < -0.4 is 0 Å². The SMILES string of the molecule is c1ccc2cc3c(cc2c1)oc1cc(-c2ccc4ccc5ccc6ccccc6c5c4c2)cc(-c2ccc4ccc5cccc6ccc2c4c56)c13. The van der Waals surface area contributed by atoms with Gasteiger partial charge in [-0.2, -0.15) is 0 Å². The smallest absolute Gasteiger partial charge is 0.136 e. The molecule has 0 aliphatic carbocycles. The average Bonchev–Trinajstić information content (AvgIpc) is 3.55. The number of hydrogen-bond donors (Lipinski definition) is 0. The molecule has 51 heavy (non-hydrogen) atoms. The van der Waals surface area contributed by atoms with Crippen LogP contribution in [0.4, 0.5) is 0 Å². The van der Waals surface area contributed by atoms with Crippen LogP contribution in [-0.2, 0) is 0 Å². The first-order valence-corrected chi connectivity index (χ1v) is 17.7. The van der Waals surface area contributed by atoms with Crippen molar-refractivity contribution in [2.24, 2.45) is 0 Å². The van der Waals surface area contributed by atoms with Crippen LogP contribution in [-0.4, -0.2) is 0 Å². The highest BCUT2D eigenvalue weighted by atomic mass is 16.3. The number of hydrogen-bond acceptors (Lipinski definition) is 1. The highest BCUT2D eigenvalue weighted by Gasteiger charge is 2.20. The molecule has 1 aromatic heterocycles. The Morgan fingerprint density at radius 1 is 0.255 bits per heavy atom. The highest BCUT2D eigenvalue weighted by Crippen LogP contribution is 2.46. The molecule has 0 amide bonds. The van der Waals surface area contributed by atoms with E-state index in [1.54, 1.807) is 0 Å². The Hall–Kier alpha value is -6.70. The second-order valence-corrected chi connectivity index (χ2v) is 14.0. The van der Waals surface area contributed by atoms with E-state index in [1.165, 1.54) is 92.1 Å². The van der Waals surface area contributed by atoms with Gasteiger partial charge in [-0.05, 0) is 128 Å². The third kappa shape index (κ3) is 3.81. The summed E-state index contributed by atoms with van der Waals surface area (Å²) >= 11 is 0. The molecule has 0 saturated heterocycles. The molecule has 0 spiro atoms. The Morgan fingerprint density at radius 2 is 0.863 bits per heavy atom. The van der Waals surface area contributed by atoms with E-state index >= 15 is 0 Å². The van der Waals surface area contributed by atoms with Crippen LogP contribution in [0, 0.1) is 0 Å². The molecule has 0 bridgehead atoms. The lowest BCUT2D eigenvalue weighted by Gasteiger charge is -2.16. The van der Waals surface area contributed by atoms with E-state index in [9.17, 15) is 0 Å². The third-order valence-electron chi connectivity index (χ3n) is 11.3. The quantitative estimate of drug-likeness (QED) is 0.171. The molecule has 1 nitrogen and oxygen atoms in total. The number of fused-ring (bicyclic) bond motifs is 9. The van der Waals surface area contributed by atoms with Crippen molar-refractivity contribution in [1.29, 1.82) is 0 Å². The van der Waals surface area contributed by atoms with Gasteiger partial charge in [-0.25, -0.2) is 0 Å². The first-order valence-electron chi connectivity index (χ1n) is 17.7. The zero-order valence-electron chi connectivity index (χ0n) is 27.6. The zero-order valence-corrected chi connectivity index (χ0v) is 27.6. The van der Waals surface area contributed by atoms with Crippen LogP contribution in [0.15, 0.2) is 174 Å². The van der Waals surface area contributed by atoms with Crippen LogP contribution in [0.2, 0.25) is 0 Å². The van der Waals surface area contributed by atoms with E-state index in [-0.39, 0.29) is 0 Å². The van der Waals surface area contributed by atoms with Gasteiger partial charge in [0, 0.05) is 10.8 Å². The monoisotopic (exact) mass is 644 g/mol. The third-order valence-corrected chi connectivity index (χ3v) is 11.3. The summed E-state index contributed by atoms with van der Waals surface area (Å²) in [5.74, 6) is 0. The summed E-state index contributed by atoms with van der Waals surface area (Å²) in [4.78, 5) is 0. The van der Waals surface area contributed by atoms with E-state index in [2.05, 4.69) is 170 Å². The van der Waals surface area contributed by atoms with E-state index in [4.69, 9.17) is 4.42 Å². The topological polar surface area (TPSA) is 13.1 Å². The lowest BCUT2D eigenvalue weighted by atomic mass is 9.87. The van der Waals surface area contributed by atoms with E-state index in [0.29, 0.717) is 0 Å². The molecule has 0 unspecified atom stereocenters. The lowest BCUT2D eigenvalue weighted by molar-refractivity contribution is 0.669. The van der Waals surface area contributed by atoms with Crippen LogP contribution in [0.25, 0.3) is 120 Å². The minimum absolute atomic E-state index is 0.905. The fourth-order valence-electron chi connectivity index (χ4n) is 8.95. The van der Waals surface area contributed by atoms with Crippen molar-refractivity contribution >= 4 is 97.3 Å². The molecule has 11 aromatic carbocycles. The normalized spacial score (nSPS) is 12.3. The van der Waals surface area contributed by atoms with Crippen molar-refractivity contribution in [2.45, 2.75) is 0 Å². The maximum atomic E-state index is 6.83. The van der Waals surface area contributed by atoms with Gasteiger partial charge in [0.25, 0.3) is 0 Å². The summed E-state index contributed by atoms with van der Waals surface area (Å²) in [6, 6.07) is 62.7. The first kappa shape index (κ1) is 27.2. The van der Waals surface area contributed by atoms with Crippen molar-refractivity contribution in [3.05, 3.63) is 170 Å². The summed E-state index contributed by atoms with van der Waals surface area (Å²) in [7, 11) is 0. The van der Waals surface area contributed by atoms with Gasteiger partial charge in [-0.15, -0.1) is 0 Å². The van der Waals surface area contributed by atoms with Crippen molar-refractivity contribution in [2.75, 3.05) is 0 Å². The van der Waals surface area contributed by atoms with E-state index in [1.807, 2.05) is 0 Å². The van der Waals surface area contributed by atoms with Crippen LogP contribution in [0.1, 0.15) is 0 Å². The molecule has 0 atom stereocenters. The van der Waals surface area contributed by atoms with E-state index < -0.39 is 0 Å². The molecule has 12 rings (SSSR count). The van der Waals surface area contributed by atoms with Crippen molar-refractivity contribution in [3.8, 4) is 22.3 Å². The zero-order chi connectivity index (χ0) is 33.2. The molecule has 0 radical (unpaired) electrons. The van der Waals surface area contributed by atoms with Crippen molar-refractivity contribution < 1.29 is 4.42 Å². The lowest BCUT2D eigenvalue weighted by Crippen LogP contribution is -1.89. The maximum absolute atomic E-state index is 6.83. The van der Waals surface area contributed by atoms with Gasteiger partial charge in [-0.3, -0.25) is 0 Å². The molecule has 234 valence electrons. The number of furan rings is 1. The molecule has 1 heteroatoms. The Labute approximate surface area is 292 Å². The molecule has 0 fully saturated rings. The average molecular weight is 645 g/mol. The van der Waals surface area contributed by atoms with Crippen molar-refractivity contribution in [1.82, 2.24) is 0 Å². The van der Waals surface area contributed by atoms with Crippen molar-refractivity contribution in [3.63, 3.8) is 0 Å². The van der Waals surface area contributed by atoms with Gasteiger partial charge in [0.2, 0.25) is 0 Å². The Bertz CT molecular complexity index is 3400. The standard InChI is InChI=1S/C50H28O/c1-2-8-36-27-45-44(25-35(36)7-1)50-43(40-22-20-34-18-17-31-9-5-10-32-21-23-41(40)49(34)47(31)32)26-38(28-46(50)51-45)37-19-14-30-13-16-33-15-12-29-6-3-4-11-39(29)48(33)42(30)24-37/h1-28H. The Kier molecular flexibility index (Phi) is 5.29. The van der Waals surface area contributed by atoms with Gasteiger partial charge in [0.15, 0.2) is 0 Å². The molecule has 0 aliphatic rings. The van der Waals surface area contributed by atoms with Gasteiger partial charge in [0.1, 0.15) is 11.2 Å². The second kappa shape index (κ2) is 9.94. The second-order valence-electron chi connectivity index (χ2n) is 14.0. The minimum atomic E-state index is 0.905. The molecule has 12 aromatic rings. The van der Waals surface area contributed by atoms with Gasteiger partial charge >= 0.3 is 0 Å². The fourth-order valence-corrected chi connectivity index (χ4v) is 8.95. The molecule has 0 aliphatic heterocycles.